The largest absolute Gasteiger partial charge is 0.490 e. The Morgan fingerprint density at radius 2 is 1.67 bits per heavy atom. The molecular formula is C21H25NO5. The molecule has 144 valence electrons. The molecule has 2 aromatic rings. The van der Waals surface area contributed by atoms with Gasteiger partial charge in [-0.15, -0.1) is 0 Å². The number of rotatable bonds is 9. The zero-order chi connectivity index (χ0) is 19.6. The van der Waals surface area contributed by atoms with Crippen LogP contribution in [0.4, 0.5) is 0 Å². The zero-order valence-corrected chi connectivity index (χ0v) is 15.9. The van der Waals surface area contributed by atoms with Crippen LogP contribution in [-0.4, -0.2) is 50.8 Å². The predicted molar refractivity (Wildman–Crippen MR) is 102 cm³/mol. The van der Waals surface area contributed by atoms with Crippen LogP contribution in [0.5, 0.6) is 5.75 Å². The molecule has 6 heteroatoms. The van der Waals surface area contributed by atoms with Gasteiger partial charge in [0.1, 0.15) is 18.9 Å². The van der Waals surface area contributed by atoms with Gasteiger partial charge in [-0.25, -0.2) is 0 Å². The summed E-state index contributed by atoms with van der Waals surface area (Å²) in [6, 6.07) is 14.7. The number of aryl methyl sites for hydroxylation is 1. The first-order valence-corrected chi connectivity index (χ1v) is 8.68. The number of esters is 1. The molecule has 27 heavy (non-hydrogen) atoms. The van der Waals surface area contributed by atoms with Crippen molar-refractivity contribution in [3.63, 3.8) is 0 Å². The number of amides is 1. The standard InChI is InChI=1S/C21H25NO5/c1-16-8-4-5-9-17(16)14-22(15-20(23)26-3)21(24)18-10-6-7-11-19(18)27-13-12-25-2/h4-11H,12-15H2,1-3H3. The third kappa shape index (κ3) is 5.82. The molecule has 0 bridgehead atoms. The molecule has 0 unspecified atom stereocenters. The summed E-state index contributed by atoms with van der Waals surface area (Å²) in [5, 5.41) is 0. The van der Waals surface area contributed by atoms with E-state index in [2.05, 4.69) is 0 Å². The number of methoxy groups -OCH3 is 2. The Hall–Kier alpha value is -2.86. The summed E-state index contributed by atoms with van der Waals surface area (Å²) in [6.07, 6.45) is 0. The third-order valence-corrected chi connectivity index (χ3v) is 4.12. The molecule has 0 radical (unpaired) electrons. The Labute approximate surface area is 159 Å². The Kier molecular flexibility index (Phi) is 7.82. The van der Waals surface area contributed by atoms with E-state index in [0.717, 1.165) is 11.1 Å². The number of carbonyl (C=O) groups excluding carboxylic acids is 2. The van der Waals surface area contributed by atoms with Crippen molar-refractivity contribution in [2.75, 3.05) is 34.0 Å². The minimum Gasteiger partial charge on any atom is -0.490 e. The summed E-state index contributed by atoms with van der Waals surface area (Å²) in [4.78, 5) is 26.5. The van der Waals surface area contributed by atoms with Gasteiger partial charge in [-0.2, -0.15) is 0 Å². The number of benzene rings is 2. The maximum absolute atomic E-state index is 13.2. The molecule has 0 aliphatic rings. The van der Waals surface area contributed by atoms with Crippen LogP contribution in [0.3, 0.4) is 0 Å². The summed E-state index contributed by atoms with van der Waals surface area (Å²) in [6.45, 7) is 2.87. The van der Waals surface area contributed by atoms with Crippen molar-refractivity contribution in [2.24, 2.45) is 0 Å². The van der Waals surface area contributed by atoms with E-state index in [-0.39, 0.29) is 12.5 Å². The van der Waals surface area contributed by atoms with Crippen LogP contribution >= 0.6 is 0 Å². The van der Waals surface area contributed by atoms with Gasteiger partial charge in [-0.05, 0) is 30.2 Å². The number of hydrogen-bond acceptors (Lipinski definition) is 5. The molecule has 2 rings (SSSR count). The lowest BCUT2D eigenvalue weighted by Gasteiger charge is -2.23. The van der Waals surface area contributed by atoms with Crippen molar-refractivity contribution < 1.29 is 23.8 Å². The van der Waals surface area contributed by atoms with Gasteiger partial charge in [0, 0.05) is 13.7 Å². The van der Waals surface area contributed by atoms with Gasteiger partial charge >= 0.3 is 5.97 Å². The van der Waals surface area contributed by atoms with Crippen molar-refractivity contribution in [1.29, 1.82) is 0 Å². The van der Waals surface area contributed by atoms with Crippen LogP contribution in [0.15, 0.2) is 48.5 Å². The van der Waals surface area contributed by atoms with Crippen molar-refractivity contribution in [2.45, 2.75) is 13.5 Å². The van der Waals surface area contributed by atoms with E-state index in [9.17, 15) is 9.59 Å². The minimum absolute atomic E-state index is 0.143. The van der Waals surface area contributed by atoms with Crippen LogP contribution in [0.1, 0.15) is 21.5 Å². The molecule has 0 atom stereocenters. The molecule has 0 heterocycles. The van der Waals surface area contributed by atoms with Gasteiger partial charge in [0.15, 0.2) is 0 Å². The fourth-order valence-electron chi connectivity index (χ4n) is 2.59. The van der Waals surface area contributed by atoms with E-state index in [1.165, 1.54) is 12.0 Å². The Bertz CT molecular complexity index is 775. The average molecular weight is 371 g/mol. The second-order valence-electron chi connectivity index (χ2n) is 6.00. The van der Waals surface area contributed by atoms with E-state index in [1.807, 2.05) is 31.2 Å². The molecule has 0 aliphatic heterocycles. The van der Waals surface area contributed by atoms with Crippen LogP contribution in [0.2, 0.25) is 0 Å². The number of nitrogens with zero attached hydrogens (tertiary/aromatic N) is 1. The summed E-state index contributed by atoms with van der Waals surface area (Å²) in [5.41, 5.74) is 2.41. The number of carbonyl (C=O) groups is 2. The summed E-state index contributed by atoms with van der Waals surface area (Å²) >= 11 is 0. The first-order chi connectivity index (χ1) is 13.1. The van der Waals surface area contributed by atoms with Crippen molar-refractivity contribution in [1.82, 2.24) is 4.90 Å². The van der Waals surface area contributed by atoms with Crippen LogP contribution < -0.4 is 4.74 Å². The van der Waals surface area contributed by atoms with Gasteiger partial charge in [0.05, 0.1) is 19.3 Å². The Balaban J connectivity index is 2.28. The topological polar surface area (TPSA) is 65.1 Å². The predicted octanol–water partition coefficient (Wildman–Crippen LogP) is 2.84. The summed E-state index contributed by atoms with van der Waals surface area (Å²) in [7, 11) is 2.89. The highest BCUT2D eigenvalue weighted by Gasteiger charge is 2.23. The smallest absolute Gasteiger partial charge is 0.325 e. The molecule has 0 fully saturated rings. The molecule has 0 aliphatic carbocycles. The lowest BCUT2D eigenvalue weighted by atomic mass is 10.1. The summed E-state index contributed by atoms with van der Waals surface area (Å²) < 4.78 is 15.4. The quantitative estimate of drug-likeness (QED) is 0.501. The van der Waals surface area contributed by atoms with E-state index in [4.69, 9.17) is 14.2 Å². The molecule has 0 saturated heterocycles. The molecule has 2 aromatic carbocycles. The highest BCUT2D eigenvalue weighted by molar-refractivity contribution is 5.98. The number of para-hydroxylation sites is 1. The lowest BCUT2D eigenvalue weighted by molar-refractivity contribution is -0.141. The van der Waals surface area contributed by atoms with E-state index in [0.29, 0.717) is 31.1 Å². The third-order valence-electron chi connectivity index (χ3n) is 4.12. The summed E-state index contributed by atoms with van der Waals surface area (Å²) in [5.74, 6) is -0.314. The maximum atomic E-state index is 13.2. The van der Waals surface area contributed by atoms with E-state index in [1.54, 1.807) is 31.4 Å². The molecule has 0 spiro atoms. The highest BCUT2D eigenvalue weighted by Crippen LogP contribution is 2.21. The van der Waals surface area contributed by atoms with E-state index >= 15 is 0 Å². The minimum atomic E-state index is -0.477. The number of ether oxygens (including phenoxy) is 3. The fourth-order valence-corrected chi connectivity index (χ4v) is 2.59. The molecule has 0 saturated carbocycles. The Morgan fingerprint density at radius 1 is 0.963 bits per heavy atom. The SMILES string of the molecule is COCCOc1ccccc1C(=O)N(CC(=O)OC)Cc1ccccc1C. The second kappa shape index (κ2) is 10.3. The van der Waals surface area contributed by atoms with Crippen LogP contribution in [0, 0.1) is 6.92 Å². The lowest BCUT2D eigenvalue weighted by Crippen LogP contribution is -2.36. The monoisotopic (exact) mass is 371 g/mol. The first-order valence-electron chi connectivity index (χ1n) is 8.68. The van der Waals surface area contributed by atoms with Gasteiger partial charge in [0.2, 0.25) is 0 Å². The van der Waals surface area contributed by atoms with E-state index < -0.39 is 5.97 Å². The molecular weight excluding hydrogens is 346 g/mol. The molecule has 6 nitrogen and oxygen atoms in total. The van der Waals surface area contributed by atoms with Gasteiger partial charge in [0.25, 0.3) is 5.91 Å². The zero-order valence-electron chi connectivity index (χ0n) is 15.9. The normalized spacial score (nSPS) is 10.3. The Morgan fingerprint density at radius 3 is 2.37 bits per heavy atom. The van der Waals surface area contributed by atoms with Crippen molar-refractivity contribution >= 4 is 11.9 Å². The van der Waals surface area contributed by atoms with Gasteiger partial charge in [-0.3, -0.25) is 9.59 Å². The van der Waals surface area contributed by atoms with Crippen molar-refractivity contribution in [3.8, 4) is 5.75 Å². The van der Waals surface area contributed by atoms with Crippen LogP contribution in [0.25, 0.3) is 0 Å². The fraction of sp³-hybridized carbons (Fsp3) is 0.333. The first kappa shape index (κ1) is 20.5. The number of hydrogen-bond donors (Lipinski definition) is 0. The van der Waals surface area contributed by atoms with Crippen LogP contribution in [-0.2, 0) is 20.8 Å². The molecule has 1 amide bonds. The van der Waals surface area contributed by atoms with Crippen molar-refractivity contribution in [3.05, 3.63) is 65.2 Å². The molecule has 0 aromatic heterocycles. The molecule has 0 N–H and O–H groups in total. The highest BCUT2D eigenvalue weighted by atomic mass is 16.5. The van der Waals surface area contributed by atoms with Gasteiger partial charge in [-0.1, -0.05) is 36.4 Å². The second-order valence-corrected chi connectivity index (χ2v) is 6.00. The average Bonchev–Trinajstić information content (AvgIpc) is 2.69. The maximum Gasteiger partial charge on any atom is 0.325 e. The van der Waals surface area contributed by atoms with Gasteiger partial charge < -0.3 is 19.1 Å².